The van der Waals surface area contributed by atoms with Gasteiger partial charge in [0.25, 0.3) is 0 Å². The van der Waals surface area contributed by atoms with E-state index in [0.717, 1.165) is 31.5 Å². The van der Waals surface area contributed by atoms with Gasteiger partial charge in [0.2, 0.25) is 5.91 Å². The molecule has 1 aliphatic heterocycles. The number of nitrogens with one attached hydrogen (secondary N) is 1. The Morgan fingerprint density at radius 2 is 1.91 bits per heavy atom. The molecule has 0 atom stereocenters. The van der Waals surface area contributed by atoms with Crippen molar-refractivity contribution in [2.45, 2.75) is 18.9 Å². The van der Waals surface area contributed by atoms with Crippen molar-refractivity contribution in [1.29, 1.82) is 0 Å². The van der Waals surface area contributed by atoms with Gasteiger partial charge in [-0.1, -0.05) is 24.3 Å². The maximum absolute atomic E-state index is 12.0. The van der Waals surface area contributed by atoms with Gasteiger partial charge in [0.15, 0.2) is 0 Å². The first-order valence-electron chi connectivity index (χ1n) is 8.00. The Labute approximate surface area is 136 Å². The molecule has 23 heavy (non-hydrogen) atoms. The van der Waals surface area contributed by atoms with Crippen molar-refractivity contribution in [1.82, 2.24) is 10.3 Å². The molecule has 4 heteroatoms. The maximum Gasteiger partial charge on any atom is 0.244 e. The van der Waals surface area contributed by atoms with Crippen LogP contribution in [0.3, 0.4) is 0 Å². The third kappa shape index (κ3) is 4.42. The van der Waals surface area contributed by atoms with E-state index in [-0.39, 0.29) is 11.9 Å². The summed E-state index contributed by atoms with van der Waals surface area (Å²) in [5.41, 5.74) is 2.19. The molecule has 118 valence electrons. The lowest BCUT2D eigenvalue weighted by Gasteiger charge is -2.33. The lowest BCUT2D eigenvalue weighted by molar-refractivity contribution is -0.117. The molecule has 1 aromatic heterocycles. The molecule has 1 N–H and O–H groups in total. The minimum Gasteiger partial charge on any atom is -0.371 e. The van der Waals surface area contributed by atoms with Crippen molar-refractivity contribution >= 4 is 17.7 Å². The number of anilines is 1. The Kier molecular flexibility index (Phi) is 5.04. The molecule has 3 rings (SSSR count). The van der Waals surface area contributed by atoms with Crippen LogP contribution in [-0.4, -0.2) is 30.0 Å². The summed E-state index contributed by atoms with van der Waals surface area (Å²) in [6.07, 6.45) is 8.78. The molecule has 1 saturated heterocycles. The van der Waals surface area contributed by atoms with Gasteiger partial charge in [-0.15, -0.1) is 0 Å². The summed E-state index contributed by atoms with van der Waals surface area (Å²) in [5.74, 6) is -0.0352. The molecule has 2 heterocycles. The van der Waals surface area contributed by atoms with E-state index in [1.807, 2.05) is 18.2 Å². The second-order valence-corrected chi connectivity index (χ2v) is 5.73. The Morgan fingerprint density at radius 1 is 1.13 bits per heavy atom. The Morgan fingerprint density at radius 3 is 2.61 bits per heavy atom. The highest BCUT2D eigenvalue weighted by Gasteiger charge is 2.19. The molecule has 4 nitrogen and oxygen atoms in total. The maximum atomic E-state index is 12.0. The van der Waals surface area contributed by atoms with Crippen LogP contribution in [0.1, 0.15) is 18.4 Å². The molecular formula is C19H21N3O. The van der Waals surface area contributed by atoms with Crippen molar-refractivity contribution in [2.75, 3.05) is 18.0 Å². The third-order valence-electron chi connectivity index (χ3n) is 4.07. The molecule has 1 aromatic carbocycles. The quantitative estimate of drug-likeness (QED) is 0.884. The lowest BCUT2D eigenvalue weighted by atomic mass is 10.0. The summed E-state index contributed by atoms with van der Waals surface area (Å²) in [6, 6.07) is 14.5. The molecule has 1 amide bonds. The van der Waals surface area contributed by atoms with Gasteiger partial charge in [-0.3, -0.25) is 9.78 Å². The fourth-order valence-corrected chi connectivity index (χ4v) is 2.82. The highest BCUT2D eigenvalue weighted by molar-refractivity contribution is 5.91. The molecular weight excluding hydrogens is 286 g/mol. The van der Waals surface area contributed by atoms with E-state index in [1.165, 1.54) is 5.69 Å². The number of nitrogens with zero attached hydrogens (tertiary/aromatic N) is 2. The first-order valence-corrected chi connectivity index (χ1v) is 8.00. The van der Waals surface area contributed by atoms with Crippen LogP contribution >= 0.6 is 0 Å². The van der Waals surface area contributed by atoms with Gasteiger partial charge in [-0.25, -0.2) is 0 Å². The molecule has 0 spiro atoms. The Hall–Kier alpha value is -2.62. The lowest BCUT2D eigenvalue weighted by Crippen LogP contribution is -2.44. The Bertz CT molecular complexity index is 647. The number of benzene rings is 1. The average Bonchev–Trinajstić information content (AvgIpc) is 2.62. The smallest absolute Gasteiger partial charge is 0.244 e. The number of carbonyl (C=O) groups excluding carboxylic acids is 1. The normalized spacial score (nSPS) is 15.7. The van der Waals surface area contributed by atoms with Crippen LogP contribution in [0.2, 0.25) is 0 Å². The second kappa shape index (κ2) is 7.58. The van der Waals surface area contributed by atoms with E-state index in [4.69, 9.17) is 0 Å². The first-order chi connectivity index (χ1) is 11.3. The van der Waals surface area contributed by atoms with E-state index >= 15 is 0 Å². The van der Waals surface area contributed by atoms with E-state index in [0.29, 0.717) is 0 Å². The number of amides is 1. The zero-order chi connectivity index (χ0) is 15.9. The molecule has 0 aliphatic carbocycles. The van der Waals surface area contributed by atoms with Crippen molar-refractivity contribution in [3.8, 4) is 0 Å². The molecule has 0 bridgehead atoms. The van der Waals surface area contributed by atoms with Crippen molar-refractivity contribution < 1.29 is 4.79 Å². The molecule has 0 radical (unpaired) electrons. The highest BCUT2D eigenvalue weighted by atomic mass is 16.1. The monoisotopic (exact) mass is 307 g/mol. The van der Waals surface area contributed by atoms with Gasteiger partial charge in [0.1, 0.15) is 0 Å². The summed E-state index contributed by atoms with van der Waals surface area (Å²) in [7, 11) is 0. The molecule has 2 aromatic rings. The van der Waals surface area contributed by atoms with Gasteiger partial charge in [-0.05, 0) is 42.7 Å². The fourth-order valence-electron chi connectivity index (χ4n) is 2.82. The summed E-state index contributed by atoms with van der Waals surface area (Å²) < 4.78 is 0. The summed E-state index contributed by atoms with van der Waals surface area (Å²) >= 11 is 0. The predicted molar refractivity (Wildman–Crippen MR) is 93.1 cm³/mol. The number of hydrogen-bond acceptors (Lipinski definition) is 3. The van der Waals surface area contributed by atoms with Gasteiger partial charge < -0.3 is 10.2 Å². The van der Waals surface area contributed by atoms with Crippen molar-refractivity contribution in [3.63, 3.8) is 0 Å². The number of para-hydroxylation sites is 1. The largest absolute Gasteiger partial charge is 0.371 e. The first kappa shape index (κ1) is 15.3. The topological polar surface area (TPSA) is 45.2 Å². The number of carbonyl (C=O) groups is 1. The van der Waals surface area contributed by atoms with Gasteiger partial charge >= 0.3 is 0 Å². The number of aromatic nitrogens is 1. The zero-order valence-corrected chi connectivity index (χ0v) is 13.1. The van der Waals surface area contributed by atoms with Crippen LogP contribution < -0.4 is 10.2 Å². The van der Waals surface area contributed by atoms with Crippen LogP contribution in [0.15, 0.2) is 60.9 Å². The summed E-state index contributed by atoms with van der Waals surface area (Å²) in [6.45, 7) is 1.95. The summed E-state index contributed by atoms with van der Waals surface area (Å²) in [5, 5.41) is 3.09. The van der Waals surface area contributed by atoms with E-state index in [1.54, 1.807) is 24.5 Å². The number of rotatable bonds is 4. The van der Waals surface area contributed by atoms with E-state index in [9.17, 15) is 4.79 Å². The van der Waals surface area contributed by atoms with Crippen molar-refractivity contribution in [3.05, 3.63) is 66.5 Å². The molecule has 1 aliphatic rings. The highest BCUT2D eigenvalue weighted by Crippen LogP contribution is 2.19. The SMILES string of the molecule is O=C(C=Cc1cccnc1)NC1CCN(c2ccccc2)CC1. The van der Waals surface area contributed by atoms with E-state index in [2.05, 4.69) is 39.5 Å². The van der Waals surface area contributed by atoms with Gasteiger partial charge in [0, 0.05) is 43.3 Å². The van der Waals surface area contributed by atoms with Gasteiger partial charge in [0.05, 0.1) is 0 Å². The van der Waals surface area contributed by atoms with Crippen LogP contribution in [0.4, 0.5) is 5.69 Å². The van der Waals surface area contributed by atoms with Crippen molar-refractivity contribution in [2.24, 2.45) is 0 Å². The number of hydrogen-bond donors (Lipinski definition) is 1. The predicted octanol–water partition coefficient (Wildman–Crippen LogP) is 2.88. The van der Waals surface area contributed by atoms with Crippen LogP contribution in [0, 0.1) is 0 Å². The fraction of sp³-hybridized carbons (Fsp3) is 0.263. The standard InChI is InChI=1S/C19H21N3O/c23-19(9-8-16-5-4-12-20-15-16)21-17-10-13-22(14-11-17)18-6-2-1-3-7-18/h1-9,12,15,17H,10-11,13-14H2,(H,21,23). The third-order valence-corrected chi connectivity index (χ3v) is 4.07. The Balaban J connectivity index is 1.47. The van der Waals surface area contributed by atoms with Crippen LogP contribution in [0.25, 0.3) is 6.08 Å². The number of pyridine rings is 1. The minimum atomic E-state index is -0.0352. The van der Waals surface area contributed by atoms with Gasteiger partial charge in [-0.2, -0.15) is 0 Å². The zero-order valence-electron chi connectivity index (χ0n) is 13.1. The minimum absolute atomic E-state index is 0.0352. The molecule has 0 unspecified atom stereocenters. The van der Waals surface area contributed by atoms with Crippen LogP contribution in [-0.2, 0) is 4.79 Å². The molecule has 1 fully saturated rings. The average molecular weight is 307 g/mol. The van der Waals surface area contributed by atoms with E-state index < -0.39 is 0 Å². The molecule has 0 saturated carbocycles. The van der Waals surface area contributed by atoms with Crippen LogP contribution in [0.5, 0.6) is 0 Å². The number of piperidine rings is 1. The second-order valence-electron chi connectivity index (χ2n) is 5.73. The summed E-state index contributed by atoms with van der Waals surface area (Å²) in [4.78, 5) is 18.4.